The number of terminal acetylenes is 1. The number of benzene rings is 3. The van der Waals surface area contributed by atoms with Gasteiger partial charge in [-0.2, -0.15) is 0 Å². The molecule has 4 rings (SSSR count). The highest BCUT2D eigenvalue weighted by Gasteiger charge is 2.34. The molecule has 0 radical (unpaired) electrons. The molecular weight excluding hydrogens is 490 g/mol. The molecule has 2 amide bonds. The first kappa shape index (κ1) is 27.7. The van der Waals surface area contributed by atoms with Crippen LogP contribution >= 0.6 is 0 Å². The molecule has 6 nitrogen and oxygen atoms in total. The van der Waals surface area contributed by atoms with Crippen LogP contribution in [0, 0.1) is 12.3 Å². The zero-order valence-corrected chi connectivity index (χ0v) is 22.1. The molecule has 1 heterocycles. The Hall–Kier alpha value is -4.37. The van der Waals surface area contributed by atoms with Crippen LogP contribution in [0.5, 0.6) is 11.5 Å². The van der Waals surface area contributed by atoms with Gasteiger partial charge in [-0.05, 0) is 66.8 Å². The number of unbranched alkanes of at least 4 members (excludes halogenated alkanes) is 5. The van der Waals surface area contributed by atoms with E-state index in [0.29, 0.717) is 42.9 Å². The van der Waals surface area contributed by atoms with Crippen molar-refractivity contribution in [2.45, 2.75) is 51.4 Å². The van der Waals surface area contributed by atoms with Gasteiger partial charge in [0.05, 0.1) is 17.7 Å². The Labute approximate surface area is 229 Å². The second-order valence-electron chi connectivity index (χ2n) is 9.50. The standard InChI is InChI=1S/C33H33NO5/c1-2-3-11-24-38-27-19-15-25(16-20-27)26-17-21-28(22-18-26)39-31(35)14-7-5-4-6-10-23-34-32(36)29-12-8-9-13-30(29)33(34)37/h1,8-9,12-13,15-22H,3-7,10-11,14,23-24H2. The van der Waals surface area contributed by atoms with E-state index in [1.165, 1.54) is 4.90 Å². The number of nitrogens with zero attached hydrogens (tertiary/aromatic N) is 1. The Morgan fingerprint density at radius 2 is 1.28 bits per heavy atom. The van der Waals surface area contributed by atoms with Crippen molar-refractivity contribution in [1.29, 1.82) is 0 Å². The topological polar surface area (TPSA) is 72.9 Å². The van der Waals surface area contributed by atoms with E-state index in [2.05, 4.69) is 5.92 Å². The molecule has 39 heavy (non-hydrogen) atoms. The van der Waals surface area contributed by atoms with Crippen LogP contribution in [0.2, 0.25) is 0 Å². The van der Waals surface area contributed by atoms with Crippen LogP contribution in [-0.2, 0) is 4.79 Å². The lowest BCUT2D eigenvalue weighted by Crippen LogP contribution is -2.30. The van der Waals surface area contributed by atoms with Crippen molar-refractivity contribution in [1.82, 2.24) is 4.90 Å². The quantitative estimate of drug-likeness (QED) is 0.0774. The molecule has 0 aliphatic carbocycles. The van der Waals surface area contributed by atoms with E-state index >= 15 is 0 Å². The van der Waals surface area contributed by atoms with Gasteiger partial charge in [0, 0.05) is 19.4 Å². The highest BCUT2D eigenvalue weighted by Crippen LogP contribution is 2.26. The summed E-state index contributed by atoms with van der Waals surface area (Å²) in [5.74, 6) is 3.27. The molecule has 0 saturated heterocycles. The summed E-state index contributed by atoms with van der Waals surface area (Å²) in [6.45, 7) is 1.03. The number of hydrogen-bond acceptors (Lipinski definition) is 5. The lowest BCUT2D eigenvalue weighted by atomic mass is 10.1. The second-order valence-corrected chi connectivity index (χ2v) is 9.50. The Balaban J connectivity index is 1.10. The molecule has 0 atom stereocenters. The van der Waals surface area contributed by atoms with Gasteiger partial charge in [-0.3, -0.25) is 19.3 Å². The van der Waals surface area contributed by atoms with E-state index < -0.39 is 0 Å². The summed E-state index contributed by atoms with van der Waals surface area (Å²) < 4.78 is 11.2. The Morgan fingerprint density at radius 1 is 0.718 bits per heavy atom. The van der Waals surface area contributed by atoms with E-state index in [9.17, 15) is 14.4 Å². The third kappa shape index (κ3) is 7.58. The molecule has 1 aliphatic rings. The maximum absolute atomic E-state index is 12.4. The Kier molecular flexibility index (Phi) is 9.91. The molecule has 0 aromatic heterocycles. The zero-order valence-electron chi connectivity index (χ0n) is 22.1. The van der Waals surface area contributed by atoms with Gasteiger partial charge in [-0.25, -0.2) is 0 Å². The van der Waals surface area contributed by atoms with Gasteiger partial charge < -0.3 is 9.47 Å². The SMILES string of the molecule is C#CCCCOc1ccc(-c2ccc(OC(=O)CCCCCCCN3C(=O)c4ccccc4C3=O)cc2)cc1. The molecule has 0 spiro atoms. The van der Waals surface area contributed by atoms with Gasteiger partial charge in [0.1, 0.15) is 11.5 Å². The van der Waals surface area contributed by atoms with Crippen LogP contribution in [0.3, 0.4) is 0 Å². The summed E-state index contributed by atoms with van der Waals surface area (Å²) in [5.41, 5.74) is 3.05. The van der Waals surface area contributed by atoms with Crippen molar-refractivity contribution < 1.29 is 23.9 Å². The predicted octanol–water partition coefficient (Wildman–Crippen LogP) is 6.69. The lowest BCUT2D eigenvalue weighted by Gasteiger charge is -2.13. The van der Waals surface area contributed by atoms with Crippen molar-refractivity contribution >= 4 is 17.8 Å². The molecule has 3 aromatic rings. The number of amides is 2. The first-order chi connectivity index (χ1) is 19.1. The maximum atomic E-state index is 12.4. The van der Waals surface area contributed by atoms with Crippen molar-refractivity contribution in [2.75, 3.05) is 13.2 Å². The van der Waals surface area contributed by atoms with E-state index in [4.69, 9.17) is 15.9 Å². The molecule has 0 N–H and O–H groups in total. The number of imide groups is 1. The molecule has 0 saturated carbocycles. The number of ether oxygens (including phenoxy) is 2. The molecule has 6 heteroatoms. The normalized spacial score (nSPS) is 12.2. The predicted molar refractivity (Wildman–Crippen MR) is 151 cm³/mol. The minimum Gasteiger partial charge on any atom is -0.494 e. The van der Waals surface area contributed by atoms with Crippen LogP contribution in [-0.4, -0.2) is 35.8 Å². The average Bonchev–Trinajstić information content (AvgIpc) is 3.20. The monoisotopic (exact) mass is 523 g/mol. The zero-order chi connectivity index (χ0) is 27.5. The summed E-state index contributed by atoms with van der Waals surface area (Å²) in [7, 11) is 0. The van der Waals surface area contributed by atoms with E-state index in [-0.39, 0.29) is 17.8 Å². The largest absolute Gasteiger partial charge is 0.494 e. The molecule has 1 aliphatic heterocycles. The number of hydrogen-bond donors (Lipinski definition) is 0. The number of rotatable bonds is 14. The van der Waals surface area contributed by atoms with Crippen LogP contribution < -0.4 is 9.47 Å². The fourth-order valence-corrected chi connectivity index (χ4v) is 4.52. The van der Waals surface area contributed by atoms with Gasteiger partial charge in [0.15, 0.2) is 0 Å². The smallest absolute Gasteiger partial charge is 0.311 e. The molecular formula is C33H33NO5. The Morgan fingerprint density at radius 3 is 1.90 bits per heavy atom. The first-order valence-corrected chi connectivity index (χ1v) is 13.5. The third-order valence-electron chi connectivity index (χ3n) is 6.65. The second kappa shape index (κ2) is 14.0. The van der Waals surface area contributed by atoms with Crippen LogP contribution in [0.1, 0.15) is 72.1 Å². The van der Waals surface area contributed by atoms with Crippen molar-refractivity contribution in [2.24, 2.45) is 0 Å². The molecule has 200 valence electrons. The summed E-state index contributed by atoms with van der Waals surface area (Å²) >= 11 is 0. The summed E-state index contributed by atoms with van der Waals surface area (Å²) in [6, 6.07) is 22.3. The minimum absolute atomic E-state index is 0.207. The van der Waals surface area contributed by atoms with E-state index in [1.54, 1.807) is 36.4 Å². The number of carbonyl (C=O) groups excluding carboxylic acids is 3. The summed E-state index contributed by atoms with van der Waals surface area (Å²) in [5, 5.41) is 0. The first-order valence-electron chi connectivity index (χ1n) is 13.5. The summed E-state index contributed by atoms with van der Waals surface area (Å²) in [6.07, 6.45) is 11.3. The fraction of sp³-hybridized carbons (Fsp3) is 0.303. The van der Waals surface area contributed by atoms with Gasteiger partial charge >= 0.3 is 5.97 Å². The molecule has 0 unspecified atom stereocenters. The van der Waals surface area contributed by atoms with Gasteiger partial charge in [0.2, 0.25) is 0 Å². The molecule has 0 fully saturated rings. The van der Waals surface area contributed by atoms with Crippen LogP contribution in [0.4, 0.5) is 0 Å². The number of fused-ring (bicyclic) bond motifs is 1. The van der Waals surface area contributed by atoms with Crippen molar-refractivity contribution in [3.63, 3.8) is 0 Å². The lowest BCUT2D eigenvalue weighted by molar-refractivity contribution is -0.134. The molecule has 0 bridgehead atoms. The van der Waals surface area contributed by atoms with Gasteiger partial charge in [-0.15, -0.1) is 12.3 Å². The Bertz CT molecular complexity index is 1290. The number of carbonyl (C=O) groups is 3. The highest BCUT2D eigenvalue weighted by molar-refractivity contribution is 6.21. The van der Waals surface area contributed by atoms with Crippen molar-refractivity contribution in [3.8, 4) is 35.0 Å². The number of esters is 1. The molecule has 3 aromatic carbocycles. The fourth-order valence-electron chi connectivity index (χ4n) is 4.52. The van der Waals surface area contributed by atoms with E-state index in [0.717, 1.165) is 55.4 Å². The average molecular weight is 524 g/mol. The third-order valence-corrected chi connectivity index (χ3v) is 6.65. The van der Waals surface area contributed by atoms with Crippen LogP contribution in [0.25, 0.3) is 11.1 Å². The van der Waals surface area contributed by atoms with Gasteiger partial charge in [-0.1, -0.05) is 55.7 Å². The minimum atomic E-state index is -0.250. The maximum Gasteiger partial charge on any atom is 0.311 e. The highest BCUT2D eigenvalue weighted by atomic mass is 16.5. The van der Waals surface area contributed by atoms with Crippen molar-refractivity contribution in [3.05, 3.63) is 83.9 Å². The van der Waals surface area contributed by atoms with Crippen LogP contribution in [0.15, 0.2) is 72.8 Å². The van der Waals surface area contributed by atoms with Gasteiger partial charge in [0.25, 0.3) is 11.8 Å². The summed E-state index contributed by atoms with van der Waals surface area (Å²) in [4.78, 5) is 38.4. The van der Waals surface area contributed by atoms with E-state index in [1.807, 2.05) is 36.4 Å².